The maximum atomic E-state index is 13.7. The average molecular weight is 234 g/mol. The molecule has 0 radical (unpaired) electrons. The van der Waals surface area contributed by atoms with E-state index in [1.807, 2.05) is 12.3 Å². The van der Waals surface area contributed by atoms with Gasteiger partial charge in [-0.05, 0) is 44.1 Å². The van der Waals surface area contributed by atoms with Gasteiger partial charge in [0.15, 0.2) is 0 Å². The zero-order valence-corrected chi connectivity index (χ0v) is 10.5. The number of aromatic amines is 1. The number of rotatable bonds is 5. The second-order valence-corrected chi connectivity index (χ2v) is 4.53. The van der Waals surface area contributed by atoms with E-state index in [1.54, 1.807) is 6.07 Å². The van der Waals surface area contributed by atoms with E-state index in [-0.39, 0.29) is 5.82 Å². The summed E-state index contributed by atoms with van der Waals surface area (Å²) >= 11 is 0. The second kappa shape index (κ2) is 5.32. The number of hydrogen-bond acceptors (Lipinski definition) is 1. The number of nitrogens with zero attached hydrogens (tertiary/aromatic N) is 1. The molecule has 0 aliphatic carbocycles. The molecule has 17 heavy (non-hydrogen) atoms. The molecule has 0 amide bonds. The van der Waals surface area contributed by atoms with E-state index in [4.69, 9.17) is 0 Å². The van der Waals surface area contributed by atoms with Crippen molar-refractivity contribution in [1.82, 2.24) is 9.88 Å². The fraction of sp³-hybridized carbons (Fsp3) is 0.429. The summed E-state index contributed by atoms with van der Waals surface area (Å²) in [6.07, 6.45) is 3.96. The molecule has 0 spiro atoms. The number of benzene rings is 1. The predicted octanol–water partition coefficient (Wildman–Crippen LogP) is 3.19. The van der Waals surface area contributed by atoms with Gasteiger partial charge in [-0.3, -0.25) is 0 Å². The highest BCUT2D eigenvalue weighted by Crippen LogP contribution is 2.21. The van der Waals surface area contributed by atoms with Gasteiger partial charge in [0, 0.05) is 23.6 Å². The Balaban J connectivity index is 2.14. The first kappa shape index (κ1) is 12.1. The zero-order valence-electron chi connectivity index (χ0n) is 10.5. The number of fused-ring (bicyclic) bond motifs is 1. The van der Waals surface area contributed by atoms with Crippen molar-refractivity contribution in [1.29, 1.82) is 0 Å². The van der Waals surface area contributed by atoms with Crippen molar-refractivity contribution in [2.45, 2.75) is 19.8 Å². The molecule has 0 aliphatic rings. The SMILES string of the molecule is CCCN(C)CCc1c[nH]c2cccc(F)c12. The van der Waals surface area contributed by atoms with Crippen LogP contribution in [0.15, 0.2) is 24.4 Å². The first-order chi connectivity index (χ1) is 8.22. The normalized spacial score (nSPS) is 11.5. The fourth-order valence-corrected chi connectivity index (χ4v) is 2.21. The van der Waals surface area contributed by atoms with Crippen LogP contribution in [0.1, 0.15) is 18.9 Å². The Kier molecular flexibility index (Phi) is 3.79. The summed E-state index contributed by atoms with van der Waals surface area (Å²) in [6, 6.07) is 5.17. The molecule has 1 aromatic heterocycles. The molecule has 0 fully saturated rings. The van der Waals surface area contributed by atoms with Gasteiger partial charge < -0.3 is 9.88 Å². The number of halogens is 1. The number of hydrogen-bond donors (Lipinski definition) is 1. The summed E-state index contributed by atoms with van der Waals surface area (Å²) in [5.41, 5.74) is 1.96. The van der Waals surface area contributed by atoms with E-state index in [2.05, 4.69) is 23.9 Å². The van der Waals surface area contributed by atoms with Gasteiger partial charge in [-0.25, -0.2) is 4.39 Å². The molecule has 92 valence electrons. The highest BCUT2D eigenvalue weighted by Gasteiger charge is 2.08. The Morgan fingerprint density at radius 1 is 1.29 bits per heavy atom. The minimum atomic E-state index is -0.128. The summed E-state index contributed by atoms with van der Waals surface area (Å²) in [5.74, 6) is -0.128. The lowest BCUT2D eigenvalue weighted by molar-refractivity contribution is 0.339. The molecule has 2 rings (SSSR count). The largest absolute Gasteiger partial charge is 0.361 e. The van der Waals surface area contributed by atoms with Gasteiger partial charge in [-0.1, -0.05) is 13.0 Å². The van der Waals surface area contributed by atoms with E-state index in [0.717, 1.165) is 42.4 Å². The van der Waals surface area contributed by atoms with Crippen LogP contribution in [0.5, 0.6) is 0 Å². The maximum Gasteiger partial charge on any atom is 0.132 e. The third kappa shape index (κ3) is 2.67. The van der Waals surface area contributed by atoms with Crippen LogP contribution in [0, 0.1) is 5.82 Å². The Bertz CT molecular complexity index is 490. The van der Waals surface area contributed by atoms with Crippen LogP contribution in [-0.4, -0.2) is 30.0 Å². The fourth-order valence-electron chi connectivity index (χ4n) is 2.21. The monoisotopic (exact) mass is 234 g/mol. The molecule has 2 nitrogen and oxygen atoms in total. The van der Waals surface area contributed by atoms with Gasteiger partial charge in [0.2, 0.25) is 0 Å². The number of H-pyrrole nitrogens is 1. The number of likely N-dealkylation sites (N-methyl/N-ethyl adjacent to an activating group) is 1. The lowest BCUT2D eigenvalue weighted by Crippen LogP contribution is -2.21. The molecular formula is C14H19FN2. The molecule has 0 saturated carbocycles. The lowest BCUT2D eigenvalue weighted by Gasteiger charge is -2.14. The van der Waals surface area contributed by atoms with Crippen LogP contribution in [0.2, 0.25) is 0 Å². The van der Waals surface area contributed by atoms with Crippen LogP contribution >= 0.6 is 0 Å². The number of aromatic nitrogens is 1. The second-order valence-electron chi connectivity index (χ2n) is 4.53. The Morgan fingerprint density at radius 3 is 2.88 bits per heavy atom. The van der Waals surface area contributed by atoms with E-state index in [1.165, 1.54) is 6.07 Å². The molecular weight excluding hydrogens is 215 g/mol. The quantitative estimate of drug-likeness (QED) is 0.841. The maximum absolute atomic E-state index is 13.7. The summed E-state index contributed by atoms with van der Waals surface area (Å²) in [4.78, 5) is 5.40. The lowest BCUT2D eigenvalue weighted by atomic mass is 10.1. The molecule has 0 saturated heterocycles. The van der Waals surface area contributed by atoms with E-state index >= 15 is 0 Å². The number of nitrogens with one attached hydrogen (secondary N) is 1. The highest BCUT2D eigenvalue weighted by molar-refractivity contribution is 5.83. The molecule has 0 aliphatic heterocycles. The van der Waals surface area contributed by atoms with Crippen LogP contribution in [0.25, 0.3) is 10.9 Å². The van der Waals surface area contributed by atoms with Crippen LogP contribution in [0.3, 0.4) is 0 Å². The van der Waals surface area contributed by atoms with Gasteiger partial charge in [-0.15, -0.1) is 0 Å². The summed E-state index contributed by atoms with van der Waals surface area (Å²) < 4.78 is 13.7. The van der Waals surface area contributed by atoms with E-state index < -0.39 is 0 Å². The molecule has 1 N–H and O–H groups in total. The van der Waals surface area contributed by atoms with Gasteiger partial charge in [0.1, 0.15) is 5.82 Å². The Labute approximate surface area is 101 Å². The van der Waals surface area contributed by atoms with Crippen molar-refractivity contribution in [2.24, 2.45) is 0 Å². The standard InChI is InChI=1S/C14H19FN2/c1-3-8-17(2)9-7-11-10-16-13-6-4-5-12(15)14(11)13/h4-6,10,16H,3,7-9H2,1-2H3. The van der Waals surface area contributed by atoms with E-state index in [0.29, 0.717) is 0 Å². The molecule has 0 bridgehead atoms. The van der Waals surface area contributed by atoms with Gasteiger partial charge in [-0.2, -0.15) is 0 Å². The van der Waals surface area contributed by atoms with Crippen LogP contribution in [0.4, 0.5) is 4.39 Å². The topological polar surface area (TPSA) is 19.0 Å². The average Bonchev–Trinajstić information content (AvgIpc) is 2.71. The van der Waals surface area contributed by atoms with Crippen molar-refractivity contribution in [3.8, 4) is 0 Å². The molecule has 3 heteroatoms. The van der Waals surface area contributed by atoms with Crippen molar-refractivity contribution >= 4 is 10.9 Å². The van der Waals surface area contributed by atoms with Gasteiger partial charge in [0.05, 0.1) is 0 Å². The summed E-state index contributed by atoms with van der Waals surface area (Å²) in [5, 5.41) is 0.748. The molecule has 0 atom stereocenters. The third-order valence-corrected chi connectivity index (χ3v) is 3.10. The molecule has 0 unspecified atom stereocenters. The smallest absolute Gasteiger partial charge is 0.132 e. The van der Waals surface area contributed by atoms with Crippen LogP contribution < -0.4 is 0 Å². The van der Waals surface area contributed by atoms with Crippen molar-refractivity contribution in [2.75, 3.05) is 20.1 Å². The predicted molar refractivity (Wildman–Crippen MR) is 69.7 cm³/mol. The third-order valence-electron chi connectivity index (χ3n) is 3.10. The van der Waals surface area contributed by atoms with Crippen molar-refractivity contribution in [3.05, 3.63) is 35.8 Å². The Hall–Kier alpha value is -1.35. The molecule has 1 heterocycles. The van der Waals surface area contributed by atoms with Crippen molar-refractivity contribution < 1.29 is 4.39 Å². The highest BCUT2D eigenvalue weighted by atomic mass is 19.1. The summed E-state index contributed by atoms with van der Waals surface area (Å²) in [6.45, 7) is 4.22. The van der Waals surface area contributed by atoms with Crippen molar-refractivity contribution in [3.63, 3.8) is 0 Å². The first-order valence-electron chi connectivity index (χ1n) is 6.15. The molecule has 1 aromatic carbocycles. The van der Waals surface area contributed by atoms with Gasteiger partial charge in [0.25, 0.3) is 0 Å². The minimum absolute atomic E-state index is 0.128. The zero-order chi connectivity index (χ0) is 12.3. The molecule has 2 aromatic rings. The van der Waals surface area contributed by atoms with Crippen LogP contribution in [-0.2, 0) is 6.42 Å². The summed E-state index contributed by atoms with van der Waals surface area (Å²) in [7, 11) is 2.11. The van der Waals surface area contributed by atoms with Gasteiger partial charge >= 0.3 is 0 Å². The Morgan fingerprint density at radius 2 is 2.12 bits per heavy atom. The minimum Gasteiger partial charge on any atom is -0.361 e. The van der Waals surface area contributed by atoms with E-state index in [9.17, 15) is 4.39 Å². The first-order valence-corrected chi connectivity index (χ1v) is 6.15.